The van der Waals surface area contributed by atoms with Gasteiger partial charge in [0.1, 0.15) is 18.4 Å². The molecule has 2 saturated carbocycles. The smallest absolute Gasteiger partial charge is 0.233 e. The molecular formula is C25H30F2N2O5S2. The maximum absolute atomic E-state index is 13.9. The molecule has 0 spiro atoms. The Labute approximate surface area is 213 Å². The average molecular weight is 541 g/mol. The fourth-order valence-electron chi connectivity index (χ4n) is 4.93. The fourth-order valence-corrected chi connectivity index (χ4v) is 7.34. The van der Waals surface area contributed by atoms with E-state index in [2.05, 4.69) is 10.3 Å². The molecule has 36 heavy (non-hydrogen) atoms. The maximum atomic E-state index is 13.9. The van der Waals surface area contributed by atoms with Crippen LogP contribution in [0.5, 0.6) is 0 Å². The molecule has 2 aromatic rings. The minimum atomic E-state index is -3.36. The SMILES string of the molecule is CC1(C)OC[C@@H](c2csc(NC(=O)C(CC3C[C@@H](F)[C@@H](F)C3)c3ccc(S(=O)(=O)C4CC4)cc3)n2)O1. The van der Waals surface area contributed by atoms with E-state index in [0.717, 1.165) is 0 Å². The summed E-state index contributed by atoms with van der Waals surface area (Å²) in [5.74, 6) is -2.05. The molecule has 11 heteroatoms. The number of halogens is 2. The highest BCUT2D eigenvalue weighted by atomic mass is 32.2. The van der Waals surface area contributed by atoms with Crippen molar-refractivity contribution < 1.29 is 31.5 Å². The predicted octanol–water partition coefficient (Wildman–Crippen LogP) is 5.10. The number of alkyl halides is 2. The van der Waals surface area contributed by atoms with Crippen molar-refractivity contribution in [3.63, 3.8) is 0 Å². The van der Waals surface area contributed by atoms with Crippen LogP contribution < -0.4 is 5.32 Å². The second kappa shape index (κ2) is 9.74. The number of amides is 1. The van der Waals surface area contributed by atoms with Gasteiger partial charge in [0, 0.05) is 5.38 Å². The number of carbonyl (C=O) groups is 1. The quantitative estimate of drug-likeness (QED) is 0.501. The highest BCUT2D eigenvalue weighted by Gasteiger charge is 2.39. The topological polar surface area (TPSA) is 94.6 Å². The molecule has 1 saturated heterocycles. The lowest BCUT2D eigenvalue weighted by atomic mass is 9.87. The van der Waals surface area contributed by atoms with E-state index in [9.17, 15) is 22.0 Å². The van der Waals surface area contributed by atoms with Crippen LogP contribution in [0, 0.1) is 5.92 Å². The molecule has 2 unspecified atom stereocenters. The zero-order chi connectivity index (χ0) is 25.7. The van der Waals surface area contributed by atoms with Gasteiger partial charge in [-0.15, -0.1) is 11.3 Å². The highest BCUT2D eigenvalue weighted by molar-refractivity contribution is 7.92. The first-order chi connectivity index (χ1) is 17.0. The standard InChI is InChI=1S/C25H30F2N2O5S2/c1-25(2)33-12-22(34-25)21-13-35-24(28-21)29-23(30)18(9-14-10-19(26)20(27)11-14)15-3-5-16(6-4-15)36(31,32)17-7-8-17/h3-6,13-14,17-20,22H,7-12H2,1-2H3,(H,28,29,30)/t14?,18?,19-,20+,22-/m0/s1. The van der Waals surface area contributed by atoms with Gasteiger partial charge < -0.3 is 14.8 Å². The van der Waals surface area contributed by atoms with E-state index in [1.807, 2.05) is 13.8 Å². The van der Waals surface area contributed by atoms with Crippen molar-refractivity contribution in [2.45, 2.75) is 86.2 Å². The van der Waals surface area contributed by atoms with Gasteiger partial charge in [-0.05, 0) is 69.6 Å². The molecule has 1 aromatic heterocycles. The number of nitrogens with zero attached hydrogens (tertiary/aromatic N) is 1. The molecule has 196 valence electrons. The molecule has 3 fully saturated rings. The summed E-state index contributed by atoms with van der Waals surface area (Å²) in [5, 5.41) is 4.70. The summed E-state index contributed by atoms with van der Waals surface area (Å²) in [6.07, 6.45) is -1.67. The van der Waals surface area contributed by atoms with E-state index < -0.39 is 33.9 Å². The van der Waals surface area contributed by atoms with E-state index in [4.69, 9.17) is 9.47 Å². The molecule has 0 bridgehead atoms. The number of hydrogen-bond donors (Lipinski definition) is 1. The van der Waals surface area contributed by atoms with Crippen molar-refractivity contribution in [2.24, 2.45) is 5.92 Å². The number of nitrogens with one attached hydrogen (secondary N) is 1. The van der Waals surface area contributed by atoms with Gasteiger partial charge in [0.2, 0.25) is 5.91 Å². The summed E-state index contributed by atoms with van der Waals surface area (Å²) in [6, 6.07) is 6.31. The number of aromatic nitrogens is 1. The Morgan fingerprint density at radius 3 is 2.44 bits per heavy atom. The maximum Gasteiger partial charge on any atom is 0.233 e. The van der Waals surface area contributed by atoms with Crippen LogP contribution in [0.3, 0.4) is 0 Å². The fraction of sp³-hybridized carbons (Fsp3) is 0.600. The van der Waals surface area contributed by atoms with Crippen molar-refractivity contribution in [2.75, 3.05) is 11.9 Å². The lowest BCUT2D eigenvalue weighted by molar-refractivity contribution is -0.139. The number of anilines is 1. The van der Waals surface area contributed by atoms with E-state index in [0.29, 0.717) is 35.8 Å². The van der Waals surface area contributed by atoms with E-state index in [-0.39, 0.29) is 47.3 Å². The number of thiazole rings is 1. The third kappa shape index (κ3) is 5.49. The van der Waals surface area contributed by atoms with E-state index >= 15 is 0 Å². The van der Waals surface area contributed by atoms with Gasteiger partial charge in [0.25, 0.3) is 0 Å². The number of hydrogen-bond acceptors (Lipinski definition) is 7. The normalized spacial score (nSPS) is 28.8. The lowest BCUT2D eigenvalue weighted by Gasteiger charge is -2.20. The van der Waals surface area contributed by atoms with Crippen molar-refractivity contribution in [1.82, 2.24) is 4.98 Å². The van der Waals surface area contributed by atoms with Crippen molar-refractivity contribution in [3.05, 3.63) is 40.9 Å². The van der Waals surface area contributed by atoms with E-state index in [1.54, 1.807) is 17.5 Å². The monoisotopic (exact) mass is 540 g/mol. The summed E-state index contributed by atoms with van der Waals surface area (Å²) in [5.41, 5.74) is 1.26. The van der Waals surface area contributed by atoms with Crippen LogP contribution in [0.2, 0.25) is 0 Å². The van der Waals surface area contributed by atoms with Crippen molar-refractivity contribution in [3.8, 4) is 0 Å². The number of ether oxygens (including phenoxy) is 2. The first kappa shape index (κ1) is 25.7. The Hall–Kier alpha value is -1.95. The van der Waals surface area contributed by atoms with Crippen LogP contribution in [0.1, 0.15) is 69.2 Å². The average Bonchev–Trinajstić information content (AvgIpc) is 3.39. The van der Waals surface area contributed by atoms with Crippen molar-refractivity contribution in [1.29, 1.82) is 0 Å². The Morgan fingerprint density at radius 2 is 1.86 bits per heavy atom. The van der Waals surface area contributed by atoms with Crippen molar-refractivity contribution >= 4 is 32.2 Å². The Kier molecular flexibility index (Phi) is 6.95. The summed E-state index contributed by atoms with van der Waals surface area (Å²) in [4.78, 5) is 18.1. The Balaban J connectivity index is 1.33. The second-order valence-electron chi connectivity index (χ2n) is 10.4. The van der Waals surface area contributed by atoms with Crippen LogP contribution in [0.25, 0.3) is 0 Å². The van der Waals surface area contributed by atoms with Crippen LogP contribution in [0.4, 0.5) is 13.9 Å². The molecule has 0 radical (unpaired) electrons. The summed E-state index contributed by atoms with van der Waals surface area (Å²) in [6.45, 7) is 4.00. The number of benzene rings is 1. The summed E-state index contributed by atoms with van der Waals surface area (Å²) in [7, 11) is -3.36. The number of sulfone groups is 1. The molecule has 3 aliphatic rings. The third-order valence-corrected chi connectivity index (χ3v) is 10.1. The molecule has 1 aliphatic heterocycles. The Bertz CT molecular complexity index is 1200. The Morgan fingerprint density at radius 1 is 1.19 bits per heavy atom. The highest BCUT2D eigenvalue weighted by Crippen LogP contribution is 2.39. The second-order valence-corrected chi connectivity index (χ2v) is 13.4. The summed E-state index contributed by atoms with van der Waals surface area (Å²) < 4.78 is 64.3. The predicted molar refractivity (Wildman–Crippen MR) is 131 cm³/mol. The van der Waals surface area contributed by atoms with E-state index in [1.165, 1.54) is 23.5 Å². The van der Waals surface area contributed by atoms with Gasteiger partial charge in [-0.2, -0.15) is 0 Å². The van der Waals surface area contributed by atoms with Gasteiger partial charge in [-0.1, -0.05) is 12.1 Å². The molecule has 7 nitrogen and oxygen atoms in total. The van der Waals surface area contributed by atoms with Gasteiger partial charge in [0.15, 0.2) is 20.8 Å². The van der Waals surface area contributed by atoms with Gasteiger partial charge in [-0.3, -0.25) is 4.79 Å². The largest absolute Gasteiger partial charge is 0.347 e. The zero-order valence-corrected chi connectivity index (χ0v) is 21.8. The first-order valence-electron chi connectivity index (χ1n) is 12.2. The number of rotatable bonds is 8. The molecular weight excluding hydrogens is 510 g/mol. The van der Waals surface area contributed by atoms with Gasteiger partial charge in [-0.25, -0.2) is 22.2 Å². The van der Waals surface area contributed by atoms with Crippen LogP contribution in [-0.4, -0.2) is 49.3 Å². The molecule has 5 rings (SSSR count). The molecule has 1 aromatic carbocycles. The van der Waals surface area contributed by atoms with Crippen LogP contribution >= 0.6 is 11.3 Å². The lowest BCUT2D eigenvalue weighted by Crippen LogP contribution is -2.23. The molecule has 1 amide bonds. The van der Waals surface area contributed by atoms with Crippen LogP contribution in [-0.2, 0) is 24.1 Å². The zero-order valence-electron chi connectivity index (χ0n) is 20.2. The summed E-state index contributed by atoms with van der Waals surface area (Å²) >= 11 is 1.26. The number of carbonyl (C=O) groups excluding carboxylic acids is 1. The van der Waals surface area contributed by atoms with Gasteiger partial charge in [0.05, 0.1) is 28.4 Å². The minimum absolute atomic E-state index is 0.0648. The molecule has 2 heterocycles. The molecule has 2 aliphatic carbocycles. The molecule has 1 N–H and O–H groups in total. The third-order valence-electron chi connectivity index (χ3n) is 7.06. The van der Waals surface area contributed by atoms with Gasteiger partial charge >= 0.3 is 0 Å². The minimum Gasteiger partial charge on any atom is -0.347 e. The molecule has 5 atom stereocenters. The van der Waals surface area contributed by atoms with Crippen LogP contribution in [0.15, 0.2) is 34.5 Å². The first-order valence-corrected chi connectivity index (χ1v) is 14.6.